The highest BCUT2D eigenvalue weighted by atomic mass is 32.2. The fourth-order valence-electron chi connectivity index (χ4n) is 1.46. The number of nitrogens with one attached hydrogen (secondary N) is 1. The fraction of sp³-hybridized carbons (Fsp3) is 0.462. The summed E-state index contributed by atoms with van der Waals surface area (Å²) in [5.74, 6) is 0.216. The van der Waals surface area contributed by atoms with Crippen molar-refractivity contribution in [2.45, 2.75) is 6.42 Å². The predicted octanol–water partition coefficient (Wildman–Crippen LogP) is 0.0453. The second kappa shape index (κ2) is 7.84. The fourth-order valence-corrected chi connectivity index (χ4v) is 2.18. The summed E-state index contributed by atoms with van der Waals surface area (Å²) in [6.07, 6.45) is 0.150. The minimum Gasteiger partial charge on any atom is -0.493 e. The molecule has 3 N–H and O–H groups in total. The first kappa shape index (κ1) is 17.3. The van der Waals surface area contributed by atoms with Crippen molar-refractivity contribution in [3.8, 4) is 5.75 Å². The van der Waals surface area contributed by atoms with Crippen LogP contribution in [0.1, 0.15) is 6.42 Å². The number of nitrogens with zero attached hydrogens (tertiary/aromatic N) is 1. The zero-order valence-electron chi connectivity index (χ0n) is 12.2. The van der Waals surface area contributed by atoms with E-state index in [1.54, 1.807) is 24.3 Å². The Balaban J connectivity index is 2.23. The molecular weight excluding hydrogens is 294 g/mol. The number of carbonyl (C=O) groups is 1. The Hall–Kier alpha value is -1.80. The molecule has 21 heavy (non-hydrogen) atoms. The summed E-state index contributed by atoms with van der Waals surface area (Å²) in [5.41, 5.74) is 6.19. The maximum absolute atomic E-state index is 11.5. The lowest BCUT2D eigenvalue weighted by atomic mass is 10.3. The van der Waals surface area contributed by atoms with Gasteiger partial charge in [0.2, 0.25) is 15.9 Å². The minimum atomic E-state index is -3.29. The number of hydrogen-bond donors (Lipinski definition) is 2. The Morgan fingerprint density at radius 3 is 2.71 bits per heavy atom. The first-order valence-electron chi connectivity index (χ1n) is 6.46. The molecule has 1 aromatic rings. The van der Waals surface area contributed by atoms with Gasteiger partial charge in [-0.2, -0.15) is 0 Å². The largest absolute Gasteiger partial charge is 0.493 e. The molecule has 8 heteroatoms. The lowest BCUT2D eigenvalue weighted by Crippen LogP contribution is -2.34. The Kier molecular flexibility index (Phi) is 6.44. The quantitative estimate of drug-likeness (QED) is 0.660. The van der Waals surface area contributed by atoms with Gasteiger partial charge in [-0.3, -0.25) is 4.79 Å². The molecule has 1 rings (SSSR count). The van der Waals surface area contributed by atoms with Crippen LogP contribution in [0.3, 0.4) is 0 Å². The number of nitrogen functional groups attached to an aromatic ring is 1. The van der Waals surface area contributed by atoms with Crippen LogP contribution in [0.2, 0.25) is 0 Å². The highest BCUT2D eigenvalue weighted by Crippen LogP contribution is 2.14. The summed E-state index contributed by atoms with van der Waals surface area (Å²) in [6.45, 7) is 0.285. The molecule has 0 heterocycles. The number of amides is 1. The summed E-state index contributed by atoms with van der Waals surface area (Å²) in [5, 5.41) is 2.54. The predicted molar refractivity (Wildman–Crippen MR) is 81.4 cm³/mol. The number of carbonyl (C=O) groups excluding carboxylic acids is 1. The molecule has 7 nitrogen and oxygen atoms in total. The van der Waals surface area contributed by atoms with Crippen LogP contribution in [0.5, 0.6) is 5.75 Å². The summed E-state index contributed by atoms with van der Waals surface area (Å²) in [6, 6.07) is 6.92. The maximum atomic E-state index is 11.5. The molecule has 0 unspecified atom stereocenters. The van der Waals surface area contributed by atoms with E-state index in [1.165, 1.54) is 14.1 Å². The van der Waals surface area contributed by atoms with E-state index in [1.807, 2.05) is 0 Å². The highest BCUT2D eigenvalue weighted by molar-refractivity contribution is 7.89. The number of nitrogens with two attached hydrogens (primary N) is 1. The highest BCUT2D eigenvalue weighted by Gasteiger charge is 2.13. The zero-order valence-corrected chi connectivity index (χ0v) is 13.0. The van der Waals surface area contributed by atoms with Crippen molar-refractivity contribution >= 4 is 21.6 Å². The van der Waals surface area contributed by atoms with Crippen LogP contribution in [-0.2, 0) is 14.8 Å². The molecule has 0 spiro atoms. The van der Waals surface area contributed by atoms with E-state index >= 15 is 0 Å². The Morgan fingerprint density at radius 1 is 1.38 bits per heavy atom. The van der Waals surface area contributed by atoms with E-state index in [0.717, 1.165) is 4.31 Å². The summed E-state index contributed by atoms with van der Waals surface area (Å²) < 4.78 is 29.5. The molecular formula is C13H21N3O4S. The van der Waals surface area contributed by atoms with E-state index < -0.39 is 10.0 Å². The van der Waals surface area contributed by atoms with Crippen LogP contribution in [0, 0.1) is 0 Å². The monoisotopic (exact) mass is 315 g/mol. The molecule has 118 valence electrons. The molecule has 0 aromatic heterocycles. The first-order valence-corrected chi connectivity index (χ1v) is 8.07. The Morgan fingerprint density at radius 2 is 2.10 bits per heavy atom. The minimum absolute atomic E-state index is 0.0810. The van der Waals surface area contributed by atoms with Gasteiger partial charge in [-0.15, -0.1) is 0 Å². The van der Waals surface area contributed by atoms with Gasteiger partial charge < -0.3 is 15.8 Å². The second-order valence-corrected chi connectivity index (χ2v) is 6.92. The first-order chi connectivity index (χ1) is 9.81. The molecule has 0 aliphatic heterocycles. The van der Waals surface area contributed by atoms with Crippen molar-refractivity contribution in [3.63, 3.8) is 0 Å². The third-order valence-electron chi connectivity index (χ3n) is 2.69. The number of anilines is 1. The molecule has 0 radical (unpaired) electrons. The number of ether oxygens (including phenoxy) is 1. The van der Waals surface area contributed by atoms with Crippen molar-refractivity contribution in [1.29, 1.82) is 0 Å². The lowest BCUT2D eigenvalue weighted by molar-refractivity contribution is -0.121. The molecule has 1 amide bonds. The van der Waals surface area contributed by atoms with Crippen molar-refractivity contribution in [2.75, 3.05) is 38.7 Å². The number of benzene rings is 1. The second-order valence-electron chi connectivity index (χ2n) is 4.62. The molecule has 0 bridgehead atoms. The number of hydrogen-bond acceptors (Lipinski definition) is 5. The van der Waals surface area contributed by atoms with Crippen LogP contribution in [0.25, 0.3) is 0 Å². The summed E-state index contributed by atoms with van der Waals surface area (Å²) in [7, 11) is -0.379. The molecule has 0 saturated carbocycles. The SMILES string of the molecule is CN(C)S(=O)(=O)CCNC(=O)CCOc1cccc(N)c1. The number of rotatable bonds is 8. The zero-order chi connectivity index (χ0) is 15.9. The molecule has 0 saturated heterocycles. The molecule has 0 fully saturated rings. The normalized spacial score (nSPS) is 11.4. The van der Waals surface area contributed by atoms with Gasteiger partial charge in [0.05, 0.1) is 18.8 Å². The molecule has 0 aliphatic carbocycles. The van der Waals surface area contributed by atoms with Crippen molar-refractivity contribution < 1.29 is 17.9 Å². The van der Waals surface area contributed by atoms with Gasteiger partial charge in [-0.05, 0) is 12.1 Å². The Labute approximate surface area is 125 Å². The Bertz CT molecular complexity index is 573. The van der Waals surface area contributed by atoms with Crippen molar-refractivity contribution in [2.24, 2.45) is 0 Å². The molecule has 0 atom stereocenters. The molecule has 0 aliphatic rings. The number of sulfonamides is 1. The van der Waals surface area contributed by atoms with E-state index in [9.17, 15) is 13.2 Å². The topological polar surface area (TPSA) is 102 Å². The standard InChI is InChI=1S/C13H21N3O4S/c1-16(2)21(18,19)9-7-15-13(17)6-8-20-12-5-3-4-11(14)10-12/h3-5,10H,6-9,14H2,1-2H3,(H,15,17). The lowest BCUT2D eigenvalue weighted by Gasteiger charge is -2.11. The van der Waals surface area contributed by atoms with Gasteiger partial charge in [0.1, 0.15) is 5.75 Å². The van der Waals surface area contributed by atoms with Gasteiger partial charge >= 0.3 is 0 Å². The average Bonchev–Trinajstić information content (AvgIpc) is 2.38. The van der Waals surface area contributed by atoms with Crippen LogP contribution < -0.4 is 15.8 Å². The van der Waals surface area contributed by atoms with Crippen LogP contribution >= 0.6 is 0 Å². The van der Waals surface area contributed by atoms with Gasteiger partial charge in [-0.25, -0.2) is 12.7 Å². The average molecular weight is 315 g/mol. The van der Waals surface area contributed by atoms with Crippen LogP contribution in [-0.4, -0.2) is 51.6 Å². The van der Waals surface area contributed by atoms with Gasteiger partial charge in [0.15, 0.2) is 0 Å². The van der Waals surface area contributed by atoms with Gasteiger partial charge in [0.25, 0.3) is 0 Å². The third kappa shape index (κ3) is 6.46. The summed E-state index contributed by atoms with van der Waals surface area (Å²) >= 11 is 0. The molecule has 1 aromatic carbocycles. The van der Waals surface area contributed by atoms with Crippen molar-refractivity contribution in [1.82, 2.24) is 9.62 Å². The third-order valence-corrected chi connectivity index (χ3v) is 4.53. The van der Waals surface area contributed by atoms with E-state index in [2.05, 4.69) is 5.32 Å². The van der Waals surface area contributed by atoms with E-state index in [4.69, 9.17) is 10.5 Å². The summed E-state index contributed by atoms with van der Waals surface area (Å²) in [4.78, 5) is 11.5. The van der Waals surface area contributed by atoms with Crippen LogP contribution in [0.4, 0.5) is 5.69 Å². The van der Waals surface area contributed by atoms with E-state index in [-0.39, 0.29) is 31.2 Å². The van der Waals surface area contributed by atoms with Gasteiger partial charge in [-0.1, -0.05) is 6.07 Å². The van der Waals surface area contributed by atoms with Crippen molar-refractivity contribution in [3.05, 3.63) is 24.3 Å². The smallest absolute Gasteiger partial charge is 0.223 e. The van der Waals surface area contributed by atoms with E-state index in [0.29, 0.717) is 11.4 Å². The van der Waals surface area contributed by atoms with Gasteiger partial charge in [0, 0.05) is 32.4 Å². The maximum Gasteiger partial charge on any atom is 0.223 e. The van der Waals surface area contributed by atoms with Crippen LogP contribution in [0.15, 0.2) is 24.3 Å².